The molecule has 0 aromatic heterocycles. The Balaban J connectivity index is 1.26. The van der Waals surface area contributed by atoms with Crippen molar-refractivity contribution in [3.05, 3.63) is 119 Å². The Morgan fingerprint density at radius 3 is 2.45 bits per heavy atom. The maximum atomic E-state index is 12.8. The highest BCUT2D eigenvalue weighted by Gasteiger charge is 2.22. The van der Waals surface area contributed by atoms with E-state index in [1.807, 2.05) is 0 Å². The molecule has 0 saturated heterocycles. The van der Waals surface area contributed by atoms with Crippen molar-refractivity contribution in [1.82, 2.24) is 5.32 Å². The highest BCUT2D eigenvalue weighted by Crippen LogP contribution is 2.37. The largest absolute Gasteiger partial charge is 0.367 e. The molecule has 0 spiro atoms. The molecule has 216 valence electrons. The van der Waals surface area contributed by atoms with E-state index in [4.69, 9.17) is 0 Å². The van der Waals surface area contributed by atoms with Gasteiger partial charge in [0.05, 0.1) is 0 Å². The molecular formula is C39H44N2O. The van der Waals surface area contributed by atoms with Crippen molar-refractivity contribution in [1.29, 1.82) is 0 Å². The monoisotopic (exact) mass is 556 g/mol. The number of nitrogens with one attached hydrogen (secondary N) is 1. The number of amides is 1. The smallest absolute Gasteiger partial charge is 0.220 e. The second-order valence-electron chi connectivity index (χ2n) is 12.3. The standard InChI is InChI=1S/C39H44N2O/c42-38(28-31-14-6-2-7-15-31)40-24-23-35-27-33(19-10-18-30-12-4-1-5-13-30)26-34-21-22-37-36(39(34)35)20-11-25-41(37)29-32-16-8-3-9-17-32/h1,3-5,8-10,12-13,16-18,21-22,26-27,31H,2,6-7,11,14-15,19-20,23-25,28-29H2,(H,40,42). The van der Waals surface area contributed by atoms with E-state index in [0.29, 0.717) is 18.9 Å². The molecule has 0 atom stereocenters. The predicted molar refractivity (Wildman–Crippen MR) is 177 cm³/mol. The number of benzene rings is 4. The van der Waals surface area contributed by atoms with Crippen molar-refractivity contribution in [3.8, 4) is 0 Å². The third kappa shape index (κ3) is 7.13. The molecule has 1 heterocycles. The fourth-order valence-electron chi connectivity index (χ4n) is 7.05. The van der Waals surface area contributed by atoms with Crippen LogP contribution < -0.4 is 10.2 Å². The normalized spacial score (nSPS) is 15.7. The van der Waals surface area contributed by atoms with Gasteiger partial charge in [-0.3, -0.25) is 4.79 Å². The lowest BCUT2D eigenvalue weighted by molar-refractivity contribution is -0.122. The molecule has 1 aliphatic carbocycles. The van der Waals surface area contributed by atoms with Crippen LogP contribution in [0.3, 0.4) is 0 Å². The van der Waals surface area contributed by atoms with Gasteiger partial charge in [-0.2, -0.15) is 0 Å². The minimum Gasteiger partial charge on any atom is -0.367 e. The highest BCUT2D eigenvalue weighted by atomic mass is 16.1. The summed E-state index contributed by atoms with van der Waals surface area (Å²) < 4.78 is 0. The summed E-state index contributed by atoms with van der Waals surface area (Å²) in [5, 5.41) is 6.01. The summed E-state index contributed by atoms with van der Waals surface area (Å²) in [5.74, 6) is 0.797. The Hall–Kier alpha value is -3.85. The molecular weight excluding hydrogens is 512 g/mol. The topological polar surface area (TPSA) is 32.3 Å². The van der Waals surface area contributed by atoms with Gasteiger partial charge in [0.25, 0.3) is 0 Å². The molecule has 1 saturated carbocycles. The lowest BCUT2D eigenvalue weighted by atomic mass is 9.87. The number of aryl methyl sites for hydroxylation is 1. The van der Waals surface area contributed by atoms with Crippen LogP contribution in [0.15, 0.2) is 91.0 Å². The zero-order valence-corrected chi connectivity index (χ0v) is 24.9. The number of carbonyl (C=O) groups is 1. The summed E-state index contributed by atoms with van der Waals surface area (Å²) in [7, 11) is 0. The van der Waals surface area contributed by atoms with Gasteiger partial charge < -0.3 is 10.2 Å². The number of carbonyl (C=O) groups excluding carboxylic acids is 1. The maximum Gasteiger partial charge on any atom is 0.220 e. The van der Waals surface area contributed by atoms with Crippen LogP contribution in [-0.2, 0) is 30.6 Å². The third-order valence-corrected chi connectivity index (χ3v) is 9.13. The van der Waals surface area contributed by atoms with E-state index in [1.165, 1.54) is 76.4 Å². The van der Waals surface area contributed by atoms with E-state index in [2.05, 4.69) is 107 Å². The average Bonchev–Trinajstić information content (AvgIpc) is 3.02. The van der Waals surface area contributed by atoms with E-state index in [0.717, 1.165) is 38.8 Å². The molecule has 2 aliphatic rings. The molecule has 4 aromatic carbocycles. The van der Waals surface area contributed by atoms with E-state index in [1.54, 1.807) is 0 Å². The van der Waals surface area contributed by atoms with Crippen molar-refractivity contribution >= 4 is 28.4 Å². The molecule has 3 nitrogen and oxygen atoms in total. The molecule has 0 radical (unpaired) electrons. The number of allylic oxidation sites excluding steroid dienone is 1. The molecule has 0 unspecified atom stereocenters. The summed E-state index contributed by atoms with van der Waals surface area (Å²) in [6.45, 7) is 2.72. The third-order valence-electron chi connectivity index (χ3n) is 9.13. The van der Waals surface area contributed by atoms with Crippen molar-refractivity contribution < 1.29 is 4.79 Å². The van der Waals surface area contributed by atoms with Gasteiger partial charge >= 0.3 is 0 Å². The first-order valence-electron chi connectivity index (χ1n) is 16.1. The number of hydrogen-bond donors (Lipinski definition) is 1. The van der Waals surface area contributed by atoms with Gasteiger partial charge in [0.15, 0.2) is 0 Å². The summed E-state index contributed by atoms with van der Waals surface area (Å²) in [4.78, 5) is 15.4. The number of fused-ring (bicyclic) bond motifs is 3. The molecule has 1 amide bonds. The Kier molecular flexibility index (Phi) is 9.34. The first-order chi connectivity index (χ1) is 20.7. The number of hydrogen-bond acceptors (Lipinski definition) is 2. The van der Waals surface area contributed by atoms with E-state index in [-0.39, 0.29) is 5.91 Å². The van der Waals surface area contributed by atoms with Crippen LogP contribution in [0.5, 0.6) is 0 Å². The first-order valence-corrected chi connectivity index (χ1v) is 16.1. The van der Waals surface area contributed by atoms with Crippen molar-refractivity contribution in [2.75, 3.05) is 18.0 Å². The number of nitrogens with zero attached hydrogens (tertiary/aromatic N) is 1. The van der Waals surface area contributed by atoms with Gasteiger partial charge in [-0.25, -0.2) is 0 Å². The van der Waals surface area contributed by atoms with Crippen LogP contribution >= 0.6 is 0 Å². The molecule has 6 rings (SSSR count). The minimum absolute atomic E-state index is 0.226. The molecule has 0 bridgehead atoms. The Bertz CT molecular complexity index is 1500. The van der Waals surface area contributed by atoms with Crippen LogP contribution in [0.2, 0.25) is 0 Å². The van der Waals surface area contributed by atoms with Crippen LogP contribution in [-0.4, -0.2) is 19.0 Å². The maximum absolute atomic E-state index is 12.8. The Labute approximate surface area is 251 Å². The second kappa shape index (κ2) is 13.9. The summed E-state index contributed by atoms with van der Waals surface area (Å²) in [5.41, 5.74) is 8.13. The van der Waals surface area contributed by atoms with E-state index < -0.39 is 0 Å². The van der Waals surface area contributed by atoms with E-state index >= 15 is 0 Å². The number of anilines is 1. The van der Waals surface area contributed by atoms with Gasteiger partial charge in [-0.05, 0) is 89.1 Å². The van der Waals surface area contributed by atoms with Gasteiger partial charge in [0.1, 0.15) is 0 Å². The van der Waals surface area contributed by atoms with Crippen molar-refractivity contribution in [2.24, 2.45) is 5.92 Å². The Morgan fingerprint density at radius 2 is 1.64 bits per heavy atom. The molecule has 1 fully saturated rings. The lowest BCUT2D eigenvalue weighted by Crippen LogP contribution is -2.29. The van der Waals surface area contributed by atoms with Crippen molar-refractivity contribution in [3.63, 3.8) is 0 Å². The van der Waals surface area contributed by atoms with Gasteiger partial charge in [0, 0.05) is 31.7 Å². The molecule has 1 N–H and O–H groups in total. The van der Waals surface area contributed by atoms with Gasteiger partial charge in [-0.1, -0.05) is 110 Å². The SMILES string of the molecule is O=C(CC1CCCCC1)NCCc1cc(CC=Cc2ccccc2)cc2ccc3c(c12)CCCN3Cc1ccccc1. The summed E-state index contributed by atoms with van der Waals surface area (Å²) in [6, 6.07) is 30.8. The fraction of sp³-hybridized carbons (Fsp3) is 0.359. The van der Waals surface area contributed by atoms with Crippen molar-refractivity contribution in [2.45, 2.75) is 70.8 Å². The van der Waals surface area contributed by atoms with Crippen LogP contribution in [0.25, 0.3) is 16.8 Å². The minimum atomic E-state index is 0.226. The Morgan fingerprint density at radius 1 is 0.857 bits per heavy atom. The zero-order valence-electron chi connectivity index (χ0n) is 24.9. The molecule has 4 aromatic rings. The molecule has 1 aliphatic heterocycles. The highest BCUT2D eigenvalue weighted by molar-refractivity contribution is 5.94. The van der Waals surface area contributed by atoms with Crippen LogP contribution in [0, 0.1) is 5.92 Å². The van der Waals surface area contributed by atoms with Crippen LogP contribution in [0.4, 0.5) is 5.69 Å². The van der Waals surface area contributed by atoms with Gasteiger partial charge in [-0.15, -0.1) is 0 Å². The zero-order chi connectivity index (χ0) is 28.6. The first kappa shape index (κ1) is 28.3. The fourth-order valence-corrected chi connectivity index (χ4v) is 7.05. The van der Waals surface area contributed by atoms with Crippen LogP contribution in [0.1, 0.15) is 72.8 Å². The predicted octanol–water partition coefficient (Wildman–Crippen LogP) is 8.68. The second-order valence-corrected chi connectivity index (χ2v) is 12.3. The van der Waals surface area contributed by atoms with Gasteiger partial charge in [0.2, 0.25) is 5.91 Å². The summed E-state index contributed by atoms with van der Waals surface area (Å²) >= 11 is 0. The van der Waals surface area contributed by atoms with E-state index in [9.17, 15) is 4.79 Å². The summed E-state index contributed by atoms with van der Waals surface area (Å²) in [6.07, 6.45) is 15.5. The quantitative estimate of drug-likeness (QED) is 0.212. The average molecular weight is 557 g/mol. The lowest BCUT2D eigenvalue weighted by Gasteiger charge is -2.33. The molecule has 3 heteroatoms. The molecule has 42 heavy (non-hydrogen) atoms. The number of rotatable bonds is 10.